The lowest BCUT2D eigenvalue weighted by Crippen LogP contribution is -2.45. The molecule has 31 heavy (non-hydrogen) atoms. The number of methoxy groups -OCH3 is 1. The summed E-state index contributed by atoms with van der Waals surface area (Å²) < 4.78 is 82.0. The summed E-state index contributed by atoms with van der Waals surface area (Å²) in [6, 6.07) is 5.89. The highest BCUT2D eigenvalue weighted by Gasteiger charge is 2.35. The van der Waals surface area contributed by atoms with Crippen molar-refractivity contribution in [3.63, 3.8) is 0 Å². The van der Waals surface area contributed by atoms with Crippen molar-refractivity contribution >= 4 is 11.9 Å². The van der Waals surface area contributed by atoms with Gasteiger partial charge >= 0.3 is 18.3 Å². The van der Waals surface area contributed by atoms with Crippen LogP contribution in [0.15, 0.2) is 48.5 Å². The van der Waals surface area contributed by atoms with E-state index in [0.717, 1.165) is 37.4 Å². The molecule has 11 heteroatoms. The minimum atomic E-state index is -4.71. The fourth-order valence-electron chi connectivity index (χ4n) is 2.79. The summed E-state index contributed by atoms with van der Waals surface area (Å²) in [5.74, 6) is -2.26. The second-order valence-corrected chi connectivity index (χ2v) is 6.47. The molecule has 0 saturated heterocycles. The third-order valence-corrected chi connectivity index (χ3v) is 4.35. The van der Waals surface area contributed by atoms with Crippen LogP contribution >= 0.6 is 0 Å². The van der Waals surface area contributed by atoms with Crippen LogP contribution in [0, 0.1) is 0 Å². The molecule has 0 aliphatic heterocycles. The molecule has 0 spiro atoms. The van der Waals surface area contributed by atoms with Crippen molar-refractivity contribution in [2.45, 2.75) is 30.9 Å². The first-order chi connectivity index (χ1) is 14.3. The van der Waals surface area contributed by atoms with Crippen LogP contribution in [0.25, 0.3) is 0 Å². The number of aliphatic hydroxyl groups excluding tert-OH is 1. The Labute approximate surface area is 172 Å². The third-order valence-electron chi connectivity index (χ3n) is 4.35. The maximum atomic E-state index is 13.2. The Hall–Kier alpha value is -3.08. The molecule has 0 heterocycles. The van der Waals surface area contributed by atoms with Crippen molar-refractivity contribution in [3.8, 4) is 0 Å². The quantitative estimate of drug-likeness (QED) is 0.522. The van der Waals surface area contributed by atoms with Gasteiger partial charge in [0.15, 0.2) is 6.10 Å². The predicted octanol–water partition coefficient (Wildman–Crippen LogP) is 3.66. The van der Waals surface area contributed by atoms with Crippen LogP contribution in [0.3, 0.4) is 0 Å². The molecule has 0 fully saturated rings. The Morgan fingerprint density at radius 1 is 0.968 bits per heavy atom. The number of carbonyl (C=O) groups excluding carboxylic acids is 2. The molecule has 2 aromatic rings. The standard InChI is InChI=1S/C20H17F6NO4/c1-31-18(30)15(10-12-4-2-3-5-14(12)20(24,25)26)27-17(29)16(28)11-6-8-13(9-7-11)19(21,22)23/h2-9,15-16,28H,10H2,1H3,(H,27,29)/t15-,16+/m0/s1. The molecule has 1 amide bonds. The van der Waals surface area contributed by atoms with Gasteiger partial charge in [-0.25, -0.2) is 4.79 Å². The van der Waals surface area contributed by atoms with Gasteiger partial charge in [-0.3, -0.25) is 4.79 Å². The maximum absolute atomic E-state index is 13.2. The Balaban J connectivity index is 2.21. The molecule has 2 aromatic carbocycles. The van der Waals surface area contributed by atoms with E-state index in [1.165, 1.54) is 6.07 Å². The number of hydrogen-bond donors (Lipinski definition) is 2. The van der Waals surface area contributed by atoms with Crippen molar-refractivity contribution < 1.29 is 45.8 Å². The molecule has 0 saturated carbocycles. The van der Waals surface area contributed by atoms with Crippen LogP contribution in [0.1, 0.15) is 28.4 Å². The highest BCUT2D eigenvalue weighted by atomic mass is 19.4. The lowest BCUT2D eigenvalue weighted by Gasteiger charge is -2.21. The average molecular weight is 449 g/mol. The number of rotatable bonds is 6. The molecule has 0 radical (unpaired) electrons. The van der Waals surface area contributed by atoms with Crippen molar-refractivity contribution in [2.75, 3.05) is 7.11 Å². The summed E-state index contributed by atoms with van der Waals surface area (Å²) in [7, 11) is 0.962. The van der Waals surface area contributed by atoms with E-state index in [2.05, 4.69) is 10.1 Å². The van der Waals surface area contributed by atoms with Crippen molar-refractivity contribution in [1.82, 2.24) is 5.32 Å². The summed E-state index contributed by atoms with van der Waals surface area (Å²) in [4.78, 5) is 24.3. The van der Waals surface area contributed by atoms with E-state index < -0.39 is 53.9 Å². The summed E-state index contributed by atoms with van der Waals surface area (Å²) in [6.45, 7) is 0. The molecule has 2 rings (SSSR count). The number of esters is 1. The number of benzene rings is 2. The van der Waals surface area contributed by atoms with E-state index in [4.69, 9.17) is 0 Å². The van der Waals surface area contributed by atoms with Gasteiger partial charge in [-0.2, -0.15) is 26.3 Å². The first-order valence-electron chi connectivity index (χ1n) is 8.73. The summed E-state index contributed by atoms with van der Waals surface area (Å²) in [5, 5.41) is 12.2. The summed E-state index contributed by atoms with van der Waals surface area (Å²) in [5.41, 5.74) is -2.51. The van der Waals surface area contributed by atoms with E-state index in [1.54, 1.807) is 0 Å². The molecule has 0 aliphatic rings. The zero-order valence-electron chi connectivity index (χ0n) is 15.9. The van der Waals surface area contributed by atoms with Gasteiger partial charge in [0.25, 0.3) is 5.91 Å². The fraction of sp³-hybridized carbons (Fsp3) is 0.300. The van der Waals surface area contributed by atoms with Gasteiger partial charge in [0.1, 0.15) is 6.04 Å². The summed E-state index contributed by atoms with van der Waals surface area (Å²) >= 11 is 0. The van der Waals surface area contributed by atoms with Gasteiger partial charge in [0, 0.05) is 6.42 Å². The van der Waals surface area contributed by atoms with Gasteiger partial charge in [-0.05, 0) is 29.3 Å². The highest BCUT2D eigenvalue weighted by Crippen LogP contribution is 2.33. The summed E-state index contributed by atoms with van der Waals surface area (Å²) in [6.07, 6.45) is -11.9. The monoisotopic (exact) mass is 449 g/mol. The normalized spacial score (nSPS) is 13.9. The second-order valence-electron chi connectivity index (χ2n) is 6.47. The van der Waals surface area contributed by atoms with E-state index in [-0.39, 0.29) is 11.1 Å². The van der Waals surface area contributed by atoms with Crippen molar-refractivity contribution in [2.24, 2.45) is 0 Å². The van der Waals surface area contributed by atoms with Crippen LogP contribution in [-0.2, 0) is 33.1 Å². The fourth-order valence-corrected chi connectivity index (χ4v) is 2.79. The van der Waals surface area contributed by atoms with Gasteiger partial charge < -0.3 is 15.2 Å². The van der Waals surface area contributed by atoms with Gasteiger partial charge in [0.2, 0.25) is 0 Å². The molecular formula is C20H17F6NO4. The number of nitrogens with one attached hydrogen (secondary N) is 1. The van der Waals surface area contributed by atoms with Crippen LogP contribution in [0.5, 0.6) is 0 Å². The van der Waals surface area contributed by atoms with Gasteiger partial charge in [0.05, 0.1) is 18.2 Å². The minimum absolute atomic E-state index is 0.204. The van der Waals surface area contributed by atoms with Crippen LogP contribution < -0.4 is 5.32 Å². The molecular weight excluding hydrogens is 432 g/mol. The number of halogens is 6. The number of aliphatic hydroxyl groups is 1. The Morgan fingerprint density at radius 2 is 1.55 bits per heavy atom. The van der Waals surface area contributed by atoms with E-state index in [0.29, 0.717) is 12.1 Å². The Morgan fingerprint density at radius 3 is 2.06 bits per heavy atom. The van der Waals surface area contributed by atoms with Crippen LogP contribution in [0.2, 0.25) is 0 Å². The molecule has 2 N–H and O–H groups in total. The largest absolute Gasteiger partial charge is 0.467 e. The third kappa shape index (κ3) is 6.20. The van der Waals surface area contributed by atoms with E-state index in [9.17, 15) is 41.0 Å². The molecule has 0 unspecified atom stereocenters. The van der Waals surface area contributed by atoms with Gasteiger partial charge in [-0.1, -0.05) is 30.3 Å². The Kier molecular flexibility index (Phi) is 7.32. The van der Waals surface area contributed by atoms with Crippen LogP contribution in [0.4, 0.5) is 26.3 Å². The lowest BCUT2D eigenvalue weighted by atomic mass is 9.99. The van der Waals surface area contributed by atoms with Crippen molar-refractivity contribution in [3.05, 3.63) is 70.8 Å². The zero-order chi connectivity index (χ0) is 23.4. The lowest BCUT2D eigenvalue weighted by molar-refractivity contribution is -0.147. The number of alkyl halides is 6. The molecule has 0 bridgehead atoms. The molecule has 5 nitrogen and oxygen atoms in total. The molecule has 168 valence electrons. The Bertz CT molecular complexity index is 925. The SMILES string of the molecule is COC(=O)[C@H](Cc1ccccc1C(F)(F)F)NC(=O)[C@H](O)c1ccc(C(F)(F)F)cc1. The highest BCUT2D eigenvalue weighted by molar-refractivity contribution is 5.87. The minimum Gasteiger partial charge on any atom is -0.467 e. The number of ether oxygens (including phenoxy) is 1. The first-order valence-corrected chi connectivity index (χ1v) is 8.73. The smallest absolute Gasteiger partial charge is 0.416 e. The van der Waals surface area contributed by atoms with Crippen LogP contribution in [-0.4, -0.2) is 30.1 Å². The number of carbonyl (C=O) groups is 2. The number of hydrogen-bond acceptors (Lipinski definition) is 4. The predicted molar refractivity (Wildman–Crippen MR) is 95.5 cm³/mol. The second kappa shape index (κ2) is 9.38. The molecule has 0 aromatic heterocycles. The average Bonchev–Trinajstić information content (AvgIpc) is 2.71. The number of amides is 1. The van der Waals surface area contributed by atoms with E-state index in [1.807, 2.05) is 0 Å². The van der Waals surface area contributed by atoms with Crippen molar-refractivity contribution in [1.29, 1.82) is 0 Å². The van der Waals surface area contributed by atoms with E-state index >= 15 is 0 Å². The molecule has 0 aliphatic carbocycles. The maximum Gasteiger partial charge on any atom is 0.416 e. The molecule has 2 atom stereocenters. The van der Waals surface area contributed by atoms with Gasteiger partial charge in [-0.15, -0.1) is 0 Å². The zero-order valence-corrected chi connectivity index (χ0v) is 15.9. The first kappa shape index (κ1) is 24.2. The topological polar surface area (TPSA) is 75.6 Å².